The number of rotatable bonds is 11. The molecule has 0 amide bonds. The first-order valence-electron chi connectivity index (χ1n) is 12.1. The predicted octanol–water partition coefficient (Wildman–Crippen LogP) is 4.62. The van der Waals surface area contributed by atoms with E-state index in [2.05, 4.69) is 4.74 Å². The van der Waals surface area contributed by atoms with Crippen molar-refractivity contribution in [1.29, 1.82) is 0 Å². The van der Waals surface area contributed by atoms with Gasteiger partial charge in [-0.1, -0.05) is 41.5 Å². The first-order valence-corrected chi connectivity index (χ1v) is 12.1. The molecular formula is C27H46O9. The molecule has 9 heteroatoms. The molecule has 0 aromatic carbocycles. The fraction of sp³-hybridized carbons (Fsp3) is 0.667. The van der Waals surface area contributed by atoms with Crippen LogP contribution >= 0.6 is 0 Å². The second-order valence-electron chi connectivity index (χ2n) is 9.00. The van der Waals surface area contributed by atoms with E-state index in [0.717, 1.165) is 18.2 Å². The third kappa shape index (κ3) is 29.1. The Balaban J connectivity index is -0.000000469. The van der Waals surface area contributed by atoms with E-state index in [4.69, 9.17) is 14.2 Å². The fourth-order valence-corrected chi connectivity index (χ4v) is 1.57. The van der Waals surface area contributed by atoms with Crippen molar-refractivity contribution in [3.8, 4) is 0 Å². The number of esters is 4. The molecule has 0 aliphatic carbocycles. The fourth-order valence-electron chi connectivity index (χ4n) is 1.57. The van der Waals surface area contributed by atoms with Crippen LogP contribution in [0.1, 0.15) is 76.2 Å². The highest BCUT2D eigenvalue weighted by Gasteiger charge is 2.11. The molecule has 0 aliphatic heterocycles. The van der Waals surface area contributed by atoms with Gasteiger partial charge in [-0.2, -0.15) is 0 Å². The van der Waals surface area contributed by atoms with E-state index in [1.54, 1.807) is 13.8 Å². The average molecular weight is 515 g/mol. The molecule has 2 unspecified atom stereocenters. The topological polar surface area (TPSA) is 122 Å². The highest BCUT2D eigenvalue weighted by atomic mass is 16.6. The minimum atomic E-state index is -0.536. The Kier molecular flexibility index (Phi) is 23.5. The van der Waals surface area contributed by atoms with E-state index < -0.39 is 17.9 Å². The minimum Gasteiger partial charge on any atom is -0.463 e. The smallest absolute Gasteiger partial charge is 0.331 e. The lowest BCUT2D eigenvalue weighted by Gasteiger charge is -2.14. The van der Waals surface area contributed by atoms with Gasteiger partial charge in [0, 0.05) is 25.2 Å². The Hall–Kier alpha value is -2.97. The minimum absolute atomic E-state index is 0.0440. The Morgan fingerprint density at radius 2 is 1.03 bits per heavy atom. The van der Waals surface area contributed by atoms with Gasteiger partial charge in [0.25, 0.3) is 0 Å². The molecule has 0 aromatic rings. The van der Waals surface area contributed by atoms with E-state index in [1.807, 2.05) is 48.5 Å². The quantitative estimate of drug-likeness (QED) is 0.221. The molecule has 36 heavy (non-hydrogen) atoms. The van der Waals surface area contributed by atoms with Gasteiger partial charge in [0.1, 0.15) is 12.2 Å². The Morgan fingerprint density at radius 1 is 0.611 bits per heavy atom. The average Bonchev–Trinajstić information content (AvgIpc) is 2.75. The third-order valence-electron chi connectivity index (χ3n) is 4.19. The van der Waals surface area contributed by atoms with Crippen molar-refractivity contribution in [1.82, 2.24) is 0 Å². The molecule has 0 spiro atoms. The van der Waals surface area contributed by atoms with Gasteiger partial charge in [0.2, 0.25) is 0 Å². The van der Waals surface area contributed by atoms with Gasteiger partial charge in [-0.3, -0.25) is 9.59 Å². The zero-order valence-corrected chi connectivity index (χ0v) is 23.8. The van der Waals surface area contributed by atoms with Crippen molar-refractivity contribution < 1.29 is 42.9 Å². The Morgan fingerprint density at radius 3 is 1.39 bits per heavy atom. The Bertz CT molecular complexity index is 719. The molecule has 0 radical (unpaired) electrons. The summed E-state index contributed by atoms with van der Waals surface area (Å²) in [6.45, 7) is 20.7. The van der Waals surface area contributed by atoms with Crippen LogP contribution in [-0.4, -0.2) is 55.1 Å². The summed E-state index contributed by atoms with van der Waals surface area (Å²) in [4.78, 5) is 53.5. The Labute approximate surface area is 216 Å². The summed E-state index contributed by atoms with van der Waals surface area (Å²) in [7, 11) is 0. The van der Waals surface area contributed by atoms with Gasteiger partial charge in [-0.05, 0) is 51.5 Å². The summed E-state index contributed by atoms with van der Waals surface area (Å²) in [6.07, 6.45) is 4.37. The van der Waals surface area contributed by atoms with Crippen LogP contribution < -0.4 is 0 Å². The molecule has 0 saturated carbocycles. The van der Waals surface area contributed by atoms with Gasteiger partial charge in [0.05, 0.1) is 13.2 Å². The van der Waals surface area contributed by atoms with Crippen LogP contribution in [-0.2, 0) is 42.9 Å². The van der Waals surface area contributed by atoms with Gasteiger partial charge < -0.3 is 18.9 Å². The molecule has 0 bridgehead atoms. The highest BCUT2D eigenvalue weighted by molar-refractivity contribution is 5.94. The maximum absolute atomic E-state index is 11.1. The van der Waals surface area contributed by atoms with Crippen molar-refractivity contribution in [3.05, 3.63) is 24.3 Å². The summed E-state index contributed by atoms with van der Waals surface area (Å²) < 4.78 is 19.3. The molecular weight excluding hydrogens is 468 g/mol. The first-order chi connectivity index (χ1) is 16.5. The van der Waals surface area contributed by atoms with E-state index in [9.17, 15) is 24.0 Å². The number of ether oxygens (including phenoxy) is 4. The lowest BCUT2D eigenvalue weighted by Crippen LogP contribution is -2.19. The first kappa shape index (κ1) is 37.6. The van der Waals surface area contributed by atoms with Crippen molar-refractivity contribution >= 4 is 29.7 Å². The second-order valence-corrected chi connectivity index (χ2v) is 9.00. The molecule has 0 aliphatic rings. The number of carbonyl (C=O) groups is 5. The molecule has 0 fully saturated rings. The zero-order valence-electron chi connectivity index (χ0n) is 23.8. The third-order valence-corrected chi connectivity index (χ3v) is 4.19. The van der Waals surface area contributed by atoms with Gasteiger partial charge in [-0.15, -0.1) is 0 Å². The molecule has 0 rings (SSSR count). The molecule has 0 aromatic heterocycles. The number of ketones is 1. The SMILES string of the molecule is CC(=O)/C=C/C(=O)OCC(C)C.CC(=O)OC(C)C(C)C.CCOC(=O)/C=C/C(=O)OC(C)C(C)C. The largest absolute Gasteiger partial charge is 0.463 e. The number of allylic oxidation sites excluding steroid dienone is 1. The maximum Gasteiger partial charge on any atom is 0.331 e. The predicted molar refractivity (Wildman–Crippen MR) is 138 cm³/mol. The van der Waals surface area contributed by atoms with Crippen LogP contribution in [0, 0.1) is 17.8 Å². The second kappa shape index (κ2) is 22.5. The zero-order chi connectivity index (χ0) is 28.8. The number of hydrogen-bond donors (Lipinski definition) is 0. The van der Waals surface area contributed by atoms with Crippen LogP contribution in [0.4, 0.5) is 0 Å². The van der Waals surface area contributed by atoms with E-state index in [0.29, 0.717) is 25.0 Å². The molecule has 208 valence electrons. The van der Waals surface area contributed by atoms with Crippen molar-refractivity contribution in [2.45, 2.75) is 88.4 Å². The van der Waals surface area contributed by atoms with Crippen LogP contribution in [0.15, 0.2) is 24.3 Å². The van der Waals surface area contributed by atoms with Crippen molar-refractivity contribution in [3.63, 3.8) is 0 Å². The molecule has 2 atom stereocenters. The van der Waals surface area contributed by atoms with E-state index in [1.165, 1.54) is 19.9 Å². The van der Waals surface area contributed by atoms with Gasteiger partial charge in [-0.25, -0.2) is 14.4 Å². The molecule has 9 nitrogen and oxygen atoms in total. The maximum atomic E-state index is 11.1. The lowest BCUT2D eigenvalue weighted by atomic mass is 10.1. The number of carbonyl (C=O) groups excluding carboxylic acids is 5. The molecule has 0 heterocycles. The van der Waals surface area contributed by atoms with Crippen LogP contribution in [0.2, 0.25) is 0 Å². The molecule has 0 saturated heterocycles. The highest BCUT2D eigenvalue weighted by Crippen LogP contribution is 2.05. The van der Waals surface area contributed by atoms with Crippen LogP contribution in [0.3, 0.4) is 0 Å². The standard InChI is InChI=1S/C11H18O4.C9H14O3.C7H14O2/c1-5-14-10(12)6-7-11(13)15-9(4)8(2)3;1-7(2)6-12-9(11)5-4-8(3)10;1-5(2)6(3)9-7(4)8/h6-9H,5H2,1-4H3;4-5,7H,6H2,1-3H3;5-6H,1-4H3/b7-6+;5-4+;. The van der Waals surface area contributed by atoms with Crippen LogP contribution in [0.5, 0.6) is 0 Å². The summed E-state index contributed by atoms with van der Waals surface area (Å²) in [5, 5.41) is 0. The van der Waals surface area contributed by atoms with E-state index >= 15 is 0 Å². The molecule has 0 N–H and O–H groups in total. The monoisotopic (exact) mass is 514 g/mol. The summed E-state index contributed by atoms with van der Waals surface area (Å²) in [6, 6.07) is 0. The summed E-state index contributed by atoms with van der Waals surface area (Å²) >= 11 is 0. The van der Waals surface area contributed by atoms with Gasteiger partial charge >= 0.3 is 23.9 Å². The number of hydrogen-bond acceptors (Lipinski definition) is 9. The van der Waals surface area contributed by atoms with Crippen molar-refractivity contribution in [2.75, 3.05) is 13.2 Å². The lowest BCUT2D eigenvalue weighted by molar-refractivity contribution is -0.147. The normalized spacial score (nSPS) is 12.3. The van der Waals surface area contributed by atoms with E-state index in [-0.39, 0.29) is 29.9 Å². The van der Waals surface area contributed by atoms with Gasteiger partial charge in [0.15, 0.2) is 5.78 Å². The summed E-state index contributed by atoms with van der Waals surface area (Å²) in [5.41, 5.74) is 0. The van der Waals surface area contributed by atoms with Crippen LogP contribution in [0.25, 0.3) is 0 Å². The summed E-state index contributed by atoms with van der Waals surface area (Å²) in [5.74, 6) is -0.888. The van der Waals surface area contributed by atoms with Crippen molar-refractivity contribution in [2.24, 2.45) is 17.8 Å².